The van der Waals surface area contributed by atoms with Crippen LogP contribution in [0.5, 0.6) is 5.75 Å². The van der Waals surface area contributed by atoms with E-state index in [1.54, 1.807) is 12.1 Å². The minimum Gasteiger partial charge on any atom is -0.484 e. The van der Waals surface area contributed by atoms with Gasteiger partial charge in [0.2, 0.25) is 5.91 Å². The van der Waals surface area contributed by atoms with Crippen molar-refractivity contribution >= 4 is 11.6 Å². The first kappa shape index (κ1) is 18.9. The number of ether oxygens (including phenoxy) is 1. The van der Waals surface area contributed by atoms with Crippen LogP contribution in [0.1, 0.15) is 13.8 Å². The molecule has 8 heteroatoms. The van der Waals surface area contributed by atoms with Crippen molar-refractivity contribution in [3.63, 3.8) is 0 Å². The molecule has 0 heterocycles. The summed E-state index contributed by atoms with van der Waals surface area (Å²) in [5.74, 6) is 0.0449. The van der Waals surface area contributed by atoms with E-state index >= 15 is 0 Å². The topological polar surface area (TPSA) is 114 Å². The highest BCUT2D eigenvalue weighted by atomic mass is 16.6. The molecule has 1 amide bonds. The first-order chi connectivity index (χ1) is 10.9. The minimum absolute atomic E-state index is 0.0212. The number of nitrogens with one attached hydrogen (secondary N) is 2. The summed E-state index contributed by atoms with van der Waals surface area (Å²) < 4.78 is 5.29. The number of amides is 1. The molecule has 0 unspecified atom stereocenters. The fourth-order valence-corrected chi connectivity index (χ4v) is 1.72. The highest BCUT2D eigenvalue weighted by molar-refractivity contribution is 5.77. The molecule has 1 atom stereocenters. The highest BCUT2D eigenvalue weighted by Crippen LogP contribution is 2.25. The number of aliphatic hydroxyl groups is 1. The average molecular weight is 325 g/mol. The predicted octanol–water partition coefficient (Wildman–Crippen LogP) is 0.696. The maximum Gasteiger partial charge on any atom is 0.310 e. The fraction of sp³-hybridized carbons (Fsp3) is 0.533. The molecule has 1 rings (SSSR count). The standard InChI is InChI=1S/C15H23N3O5/c1-11(2)15(20)17-8-7-16-9-12(19)10-23-14-6-4-3-5-13(14)18(21)22/h3-6,11-12,16,19H,7-10H2,1-2H3,(H,17,20)/t12-/m0/s1. The minimum atomic E-state index is -0.810. The Morgan fingerprint density at radius 2 is 2.04 bits per heavy atom. The average Bonchev–Trinajstić information content (AvgIpc) is 2.52. The van der Waals surface area contributed by atoms with Crippen molar-refractivity contribution in [1.82, 2.24) is 10.6 Å². The molecule has 8 nitrogen and oxygen atoms in total. The highest BCUT2D eigenvalue weighted by Gasteiger charge is 2.15. The lowest BCUT2D eigenvalue weighted by atomic mass is 10.2. The van der Waals surface area contributed by atoms with Crippen LogP contribution in [0.4, 0.5) is 5.69 Å². The maximum atomic E-state index is 11.3. The van der Waals surface area contributed by atoms with E-state index in [-0.39, 0.29) is 36.4 Å². The van der Waals surface area contributed by atoms with Crippen molar-refractivity contribution in [1.29, 1.82) is 0 Å². The van der Waals surface area contributed by atoms with Gasteiger partial charge in [-0.2, -0.15) is 0 Å². The molecule has 0 bridgehead atoms. The number of hydrogen-bond acceptors (Lipinski definition) is 6. The number of carbonyl (C=O) groups excluding carboxylic acids is 1. The van der Waals surface area contributed by atoms with Gasteiger partial charge < -0.3 is 20.5 Å². The number of hydrogen-bond donors (Lipinski definition) is 3. The summed E-state index contributed by atoms with van der Waals surface area (Å²) in [5, 5.41) is 26.3. The van der Waals surface area contributed by atoms with E-state index < -0.39 is 11.0 Å². The molecule has 0 aliphatic heterocycles. The van der Waals surface area contributed by atoms with Crippen LogP contribution < -0.4 is 15.4 Å². The molecule has 23 heavy (non-hydrogen) atoms. The van der Waals surface area contributed by atoms with Gasteiger partial charge in [0.05, 0.1) is 4.92 Å². The van der Waals surface area contributed by atoms with Gasteiger partial charge in [0.15, 0.2) is 5.75 Å². The van der Waals surface area contributed by atoms with E-state index in [9.17, 15) is 20.0 Å². The second-order valence-corrected chi connectivity index (χ2v) is 5.34. The Kier molecular flexibility index (Phi) is 8.00. The zero-order valence-corrected chi connectivity index (χ0v) is 13.3. The van der Waals surface area contributed by atoms with Crippen molar-refractivity contribution in [2.24, 2.45) is 5.92 Å². The van der Waals surface area contributed by atoms with Gasteiger partial charge in [0, 0.05) is 31.6 Å². The SMILES string of the molecule is CC(C)C(=O)NCCNC[C@H](O)COc1ccccc1[N+](=O)[O-]. The van der Waals surface area contributed by atoms with Crippen LogP contribution in [0.2, 0.25) is 0 Å². The monoisotopic (exact) mass is 325 g/mol. The van der Waals surface area contributed by atoms with E-state index in [0.717, 1.165) is 0 Å². The molecule has 0 saturated carbocycles. The van der Waals surface area contributed by atoms with Crippen LogP contribution in [-0.2, 0) is 4.79 Å². The van der Waals surface area contributed by atoms with Crippen LogP contribution >= 0.6 is 0 Å². The Morgan fingerprint density at radius 3 is 2.70 bits per heavy atom. The van der Waals surface area contributed by atoms with Gasteiger partial charge in [-0.15, -0.1) is 0 Å². The van der Waals surface area contributed by atoms with Crippen molar-refractivity contribution in [2.45, 2.75) is 20.0 Å². The summed E-state index contributed by atoms with van der Waals surface area (Å²) in [5.41, 5.74) is -0.135. The Bertz CT molecular complexity index is 522. The molecule has 1 aromatic carbocycles. The Morgan fingerprint density at radius 1 is 1.35 bits per heavy atom. The van der Waals surface area contributed by atoms with E-state index in [4.69, 9.17) is 4.74 Å². The predicted molar refractivity (Wildman–Crippen MR) is 85.3 cm³/mol. The quantitative estimate of drug-likeness (QED) is 0.331. The third-order valence-electron chi connectivity index (χ3n) is 3.00. The molecule has 0 aliphatic carbocycles. The summed E-state index contributed by atoms with van der Waals surface area (Å²) >= 11 is 0. The van der Waals surface area contributed by atoms with Crippen LogP contribution in [-0.4, -0.2) is 48.3 Å². The lowest BCUT2D eigenvalue weighted by Gasteiger charge is -2.14. The summed E-state index contributed by atoms with van der Waals surface area (Å²) in [7, 11) is 0. The van der Waals surface area contributed by atoms with E-state index in [1.165, 1.54) is 12.1 Å². The summed E-state index contributed by atoms with van der Waals surface area (Å²) in [4.78, 5) is 21.6. The first-order valence-corrected chi connectivity index (χ1v) is 7.44. The smallest absolute Gasteiger partial charge is 0.310 e. The van der Waals surface area contributed by atoms with Gasteiger partial charge >= 0.3 is 5.69 Å². The third-order valence-corrected chi connectivity index (χ3v) is 3.00. The second kappa shape index (κ2) is 9.75. The normalized spacial score (nSPS) is 12.0. The van der Waals surface area contributed by atoms with Crippen molar-refractivity contribution in [3.05, 3.63) is 34.4 Å². The Balaban J connectivity index is 2.24. The molecule has 3 N–H and O–H groups in total. The van der Waals surface area contributed by atoms with E-state index in [1.807, 2.05) is 13.8 Å². The summed E-state index contributed by atoms with van der Waals surface area (Å²) in [6.07, 6.45) is -0.810. The molecular formula is C15H23N3O5. The van der Waals surface area contributed by atoms with E-state index in [2.05, 4.69) is 10.6 Å². The molecule has 0 aromatic heterocycles. The molecule has 0 fully saturated rings. The zero-order chi connectivity index (χ0) is 17.2. The Labute approximate surface area is 135 Å². The molecule has 0 spiro atoms. The van der Waals surface area contributed by atoms with E-state index in [0.29, 0.717) is 13.1 Å². The van der Waals surface area contributed by atoms with Crippen LogP contribution in [0.3, 0.4) is 0 Å². The van der Waals surface area contributed by atoms with Gasteiger partial charge in [-0.25, -0.2) is 0 Å². The molecule has 0 aliphatic rings. The van der Waals surface area contributed by atoms with Crippen LogP contribution in [0.25, 0.3) is 0 Å². The van der Waals surface area contributed by atoms with Crippen LogP contribution in [0.15, 0.2) is 24.3 Å². The number of nitro groups is 1. The number of para-hydroxylation sites is 2. The lowest BCUT2D eigenvalue weighted by molar-refractivity contribution is -0.385. The first-order valence-electron chi connectivity index (χ1n) is 7.44. The number of nitro benzene ring substituents is 1. The maximum absolute atomic E-state index is 11.3. The third kappa shape index (κ3) is 7.07. The fourth-order valence-electron chi connectivity index (χ4n) is 1.72. The number of aliphatic hydroxyl groups excluding tert-OH is 1. The van der Waals surface area contributed by atoms with Gasteiger partial charge in [-0.05, 0) is 6.07 Å². The lowest BCUT2D eigenvalue weighted by Crippen LogP contribution is -2.38. The molecule has 0 saturated heterocycles. The van der Waals surface area contributed by atoms with Crippen molar-refractivity contribution in [3.8, 4) is 5.75 Å². The number of rotatable bonds is 10. The number of benzene rings is 1. The van der Waals surface area contributed by atoms with Gasteiger partial charge in [-0.3, -0.25) is 14.9 Å². The van der Waals surface area contributed by atoms with Gasteiger partial charge in [0.25, 0.3) is 0 Å². The molecule has 0 radical (unpaired) electrons. The Hall–Kier alpha value is -2.19. The van der Waals surface area contributed by atoms with Crippen molar-refractivity contribution in [2.75, 3.05) is 26.2 Å². The molecular weight excluding hydrogens is 302 g/mol. The largest absolute Gasteiger partial charge is 0.484 e. The van der Waals surface area contributed by atoms with Crippen molar-refractivity contribution < 1.29 is 19.6 Å². The molecule has 128 valence electrons. The second-order valence-electron chi connectivity index (χ2n) is 5.34. The number of carbonyl (C=O) groups is 1. The summed E-state index contributed by atoms with van der Waals surface area (Å²) in [6, 6.07) is 6.01. The van der Waals surface area contributed by atoms with Gasteiger partial charge in [-0.1, -0.05) is 26.0 Å². The van der Waals surface area contributed by atoms with Gasteiger partial charge in [0.1, 0.15) is 12.7 Å². The zero-order valence-electron chi connectivity index (χ0n) is 13.3. The number of nitrogens with zero attached hydrogens (tertiary/aromatic N) is 1. The summed E-state index contributed by atoms with van der Waals surface area (Å²) in [6.45, 7) is 4.81. The van der Waals surface area contributed by atoms with Crippen LogP contribution in [0, 0.1) is 16.0 Å². The molecule has 1 aromatic rings.